The Kier molecular flexibility index (Phi) is 7.25. The molecular weight excluding hydrogens is 386 g/mol. The van der Waals surface area contributed by atoms with Crippen molar-refractivity contribution in [3.63, 3.8) is 0 Å². The number of rotatable bonds is 8. The first kappa shape index (κ1) is 20.6. The van der Waals surface area contributed by atoms with E-state index in [1.54, 1.807) is 11.8 Å². The molecule has 1 aromatic heterocycles. The van der Waals surface area contributed by atoms with Gasteiger partial charge >= 0.3 is 0 Å². The van der Waals surface area contributed by atoms with E-state index >= 15 is 0 Å². The van der Waals surface area contributed by atoms with E-state index in [-0.39, 0.29) is 5.91 Å². The molecule has 2 aromatic carbocycles. The van der Waals surface area contributed by atoms with Crippen LogP contribution in [0, 0.1) is 6.92 Å². The Bertz CT molecular complexity index is 922. The molecule has 28 heavy (non-hydrogen) atoms. The van der Waals surface area contributed by atoms with Crippen LogP contribution in [0.4, 0.5) is 5.13 Å². The molecule has 3 aromatic rings. The smallest absolute Gasteiger partial charge is 0.240 e. The van der Waals surface area contributed by atoms with Crippen molar-refractivity contribution in [2.45, 2.75) is 24.8 Å². The van der Waals surface area contributed by atoms with Gasteiger partial charge in [-0.15, -0.1) is 23.1 Å². The number of nitrogens with zero attached hydrogens (tertiary/aromatic N) is 2. The van der Waals surface area contributed by atoms with Crippen LogP contribution in [0.1, 0.15) is 21.6 Å². The predicted molar refractivity (Wildman–Crippen MR) is 119 cm³/mol. The third kappa shape index (κ3) is 6.19. The van der Waals surface area contributed by atoms with Gasteiger partial charge in [-0.05, 0) is 43.5 Å². The van der Waals surface area contributed by atoms with Gasteiger partial charge in [-0.3, -0.25) is 9.69 Å². The average Bonchev–Trinajstić information content (AvgIpc) is 3.08. The van der Waals surface area contributed by atoms with Gasteiger partial charge in [0.2, 0.25) is 5.91 Å². The molecule has 0 fully saturated rings. The molecule has 0 radical (unpaired) electrons. The van der Waals surface area contributed by atoms with Crippen LogP contribution in [0.2, 0.25) is 0 Å². The molecular formula is C22H25N3OS2. The lowest BCUT2D eigenvalue weighted by atomic mass is 10.1. The third-order valence-corrected chi connectivity index (χ3v) is 5.94. The van der Waals surface area contributed by atoms with E-state index in [0.717, 1.165) is 17.8 Å². The van der Waals surface area contributed by atoms with Gasteiger partial charge in [0.15, 0.2) is 5.13 Å². The second-order valence-corrected chi connectivity index (χ2v) is 8.86. The number of carbonyl (C=O) groups is 1. The topological polar surface area (TPSA) is 45.2 Å². The first-order chi connectivity index (χ1) is 13.5. The minimum Gasteiger partial charge on any atom is -0.301 e. The maximum Gasteiger partial charge on any atom is 0.240 e. The van der Waals surface area contributed by atoms with E-state index in [1.165, 1.54) is 32.9 Å². The maximum atomic E-state index is 12.3. The van der Waals surface area contributed by atoms with Gasteiger partial charge in [-0.2, -0.15) is 0 Å². The lowest BCUT2D eigenvalue weighted by Gasteiger charge is -2.16. The molecule has 1 heterocycles. The van der Waals surface area contributed by atoms with Gasteiger partial charge in [0, 0.05) is 28.9 Å². The quantitative estimate of drug-likeness (QED) is 0.539. The zero-order valence-electron chi connectivity index (χ0n) is 16.4. The number of carbonyl (C=O) groups excluding carboxylic acids is 1. The van der Waals surface area contributed by atoms with Crippen molar-refractivity contribution < 1.29 is 4.79 Å². The number of thioether (sulfide) groups is 1. The summed E-state index contributed by atoms with van der Waals surface area (Å²) >= 11 is 3.26. The van der Waals surface area contributed by atoms with Gasteiger partial charge in [0.25, 0.3) is 0 Å². The Labute approximate surface area is 175 Å². The minimum atomic E-state index is -0.0420. The molecule has 3 rings (SSSR count). The fraction of sp³-hybridized carbons (Fsp3) is 0.273. The van der Waals surface area contributed by atoms with Crippen LogP contribution >= 0.6 is 23.1 Å². The van der Waals surface area contributed by atoms with Crippen molar-refractivity contribution in [3.05, 3.63) is 76.3 Å². The first-order valence-corrected chi connectivity index (χ1v) is 11.2. The molecule has 0 saturated heterocycles. The number of aromatic nitrogens is 1. The van der Waals surface area contributed by atoms with Crippen LogP contribution in [0.5, 0.6) is 0 Å². The Morgan fingerprint density at radius 2 is 1.96 bits per heavy atom. The van der Waals surface area contributed by atoms with Gasteiger partial charge in [0.05, 0.1) is 6.54 Å². The van der Waals surface area contributed by atoms with E-state index in [1.807, 2.05) is 18.1 Å². The minimum absolute atomic E-state index is 0.0420. The average molecular weight is 412 g/mol. The summed E-state index contributed by atoms with van der Waals surface area (Å²) in [5.74, 6) is -0.0420. The summed E-state index contributed by atoms with van der Waals surface area (Å²) in [7, 11) is 1.95. The molecule has 4 nitrogen and oxygen atoms in total. The van der Waals surface area contributed by atoms with Crippen LogP contribution in [-0.4, -0.2) is 35.6 Å². The van der Waals surface area contributed by atoms with Crippen LogP contribution in [0.3, 0.4) is 0 Å². The molecule has 1 N–H and O–H groups in total. The third-order valence-electron chi connectivity index (χ3n) is 4.29. The van der Waals surface area contributed by atoms with Gasteiger partial charge in [0.1, 0.15) is 0 Å². The highest BCUT2D eigenvalue weighted by molar-refractivity contribution is 7.98. The second-order valence-electron chi connectivity index (χ2n) is 6.87. The molecule has 1 amide bonds. The summed E-state index contributed by atoms with van der Waals surface area (Å²) in [5.41, 5.74) is 3.71. The molecule has 0 spiro atoms. The van der Waals surface area contributed by atoms with E-state index in [4.69, 9.17) is 0 Å². The van der Waals surface area contributed by atoms with Crippen LogP contribution in [0.15, 0.2) is 59.6 Å². The summed E-state index contributed by atoms with van der Waals surface area (Å²) < 4.78 is 0. The Balaban J connectivity index is 1.49. The van der Waals surface area contributed by atoms with Gasteiger partial charge in [-0.1, -0.05) is 42.0 Å². The SMILES string of the molecule is CSc1ccc(CN(C)CC(=O)Nc2ncc(Cc3cccc(C)c3)s2)cc1. The first-order valence-electron chi connectivity index (χ1n) is 9.13. The zero-order valence-corrected chi connectivity index (χ0v) is 18.1. The highest BCUT2D eigenvalue weighted by Crippen LogP contribution is 2.21. The number of benzene rings is 2. The van der Waals surface area contributed by atoms with Crippen molar-refractivity contribution in [2.24, 2.45) is 0 Å². The molecule has 0 aliphatic carbocycles. The standard InChI is InChI=1S/C22H25N3OS2/c1-16-5-4-6-18(11-16)12-20-13-23-22(28-20)24-21(26)15-25(2)14-17-7-9-19(27-3)10-8-17/h4-11,13H,12,14-15H2,1-3H3,(H,23,24,26). The Morgan fingerprint density at radius 1 is 1.18 bits per heavy atom. The molecule has 0 bridgehead atoms. The second kappa shape index (κ2) is 9.87. The van der Waals surface area contributed by atoms with Gasteiger partial charge < -0.3 is 5.32 Å². The van der Waals surface area contributed by atoms with Gasteiger partial charge in [-0.25, -0.2) is 4.98 Å². The number of aryl methyl sites for hydroxylation is 1. The summed E-state index contributed by atoms with van der Waals surface area (Å²) in [6.07, 6.45) is 4.75. The van der Waals surface area contributed by atoms with Crippen molar-refractivity contribution >= 4 is 34.1 Å². The number of nitrogens with one attached hydrogen (secondary N) is 1. The van der Waals surface area contributed by atoms with Crippen LogP contribution in [-0.2, 0) is 17.8 Å². The number of likely N-dealkylation sites (N-methyl/N-ethyl adjacent to an activating group) is 1. The van der Waals surface area contributed by atoms with Crippen molar-refractivity contribution in [1.82, 2.24) is 9.88 Å². The predicted octanol–water partition coefficient (Wildman–Crippen LogP) is 4.83. The molecule has 0 aliphatic heterocycles. The molecule has 0 aliphatic rings. The summed E-state index contributed by atoms with van der Waals surface area (Å²) in [6.45, 7) is 3.16. The molecule has 0 unspecified atom stereocenters. The van der Waals surface area contributed by atoms with Crippen molar-refractivity contribution in [3.8, 4) is 0 Å². The lowest BCUT2D eigenvalue weighted by Crippen LogP contribution is -2.29. The molecule has 0 saturated carbocycles. The highest BCUT2D eigenvalue weighted by atomic mass is 32.2. The largest absolute Gasteiger partial charge is 0.301 e. The van der Waals surface area contributed by atoms with E-state index in [0.29, 0.717) is 11.7 Å². The number of anilines is 1. The highest BCUT2D eigenvalue weighted by Gasteiger charge is 2.10. The Hall–Kier alpha value is -2.15. The van der Waals surface area contributed by atoms with Crippen molar-refractivity contribution in [2.75, 3.05) is 25.2 Å². The number of hydrogen-bond acceptors (Lipinski definition) is 5. The Morgan fingerprint density at radius 3 is 2.68 bits per heavy atom. The molecule has 0 atom stereocenters. The van der Waals surface area contributed by atoms with E-state index < -0.39 is 0 Å². The summed E-state index contributed by atoms with van der Waals surface area (Å²) in [4.78, 5) is 21.1. The maximum absolute atomic E-state index is 12.3. The molecule has 146 valence electrons. The normalized spacial score (nSPS) is 11.0. The molecule has 6 heteroatoms. The fourth-order valence-corrected chi connectivity index (χ4v) is 4.24. The fourth-order valence-electron chi connectivity index (χ4n) is 2.97. The van der Waals surface area contributed by atoms with Crippen molar-refractivity contribution in [1.29, 1.82) is 0 Å². The number of amides is 1. The summed E-state index contributed by atoms with van der Waals surface area (Å²) in [6, 6.07) is 16.9. The van der Waals surface area contributed by atoms with Crippen LogP contribution in [0.25, 0.3) is 0 Å². The van der Waals surface area contributed by atoms with E-state index in [9.17, 15) is 4.79 Å². The lowest BCUT2D eigenvalue weighted by molar-refractivity contribution is -0.117. The van der Waals surface area contributed by atoms with E-state index in [2.05, 4.69) is 72.0 Å². The summed E-state index contributed by atoms with van der Waals surface area (Å²) in [5, 5.41) is 3.58. The number of hydrogen-bond donors (Lipinski definition) is 1. The monoisotopic (exact) mass is 411 g/mol. The van der Waals surface area contributed by atoms with Crippen LogP contribution < -0.4 is 5.32 Å². The zero-order chi connectivity index (χ0) is 19.9. The number of thiazole rings is 1.